The van der Waals surface area contributed by atoms with Crippen LogP contribution in [0.5, 0.6) is 0 Å². The molecule has 0 atom stereocenters. The monoisotopic (exact) mass is 303 g/mol. The maximum Gasteiger partial charge on any atom is 0.335 e. The first-order valence-electron chi connectivity index (χ1n) is 6.35. The summed E-state index contributed by atoms with van der Waals surface area (Å²) in [5, 5.41) is 8.91. The number of carboxylic acid groups (broad SMARTS) is 1. The zero-order valence-electron chi connectivity index (χ0n) is 11.2. The number of thiocarbonyl (C=S) groups is 1. The van der Waals surface area contributed by atoms with Crippen molar-refractivity contribution in [3.63, 3.8) is 0 Å². The van der Waals surface area contributed by atoms with Crippen molar-refractivity contribution >= 4 is 28.9 Å². The molecule has 0 aliphatic rings. The lowest BCUT2D eigenvalue weighted by molar-refractivity contribution is 0.0697. The molecule has 2 aromatic carbocycles. The molecule has 2 aromatic rings. The van der Waals surface area contributed by atoms with Crippen LogP contribution in [0, 0.1) is 0 Å². The van der Waals surface area contributed by atoms with E-state index < -0.39 is 12.6 Å². The number of halogens is 1. The number of hydrogen-bond donors (Lipinski definition) is 1. The van der Waals surface area contributed by atoms with E-state index >= 15 is 0 Å². The van der Waals surface area contributed by atoms with Crippen molar-refractivity contribution in [3.05, 3.63) is 65.7 Å². The van der Waals surface area contributed by atoms with Gasteiger partial charge < -0.3 is 10.0 Å². The molecule has 2 rings (SSSR count). The Balaban J connectivity index is 2.27. The minimum absolute atomic E-state index is 0.168. The largest absolute Gasteiger partial charge is 0.478 e. The van der Waals surface area contributed by atoms with Gasteiger partial charge in [-0.2, -0.15) is 0 Å². The van der Waals surface area contributed by atoms with Crippen LogP contribution in [-0.2, 0) is 6.54 Å². The van der Waals surface area contributed by atoms with E-state index in [1.807, 2.05) is 30.3 Å². The van der Waals surface area contributed by atoms with Gasteiger partial charge in [0.25, 0.3) is 0 Å². The molecule has 0 aliphatic carbocycles. The third kappa shape index (κ3) is 3.86. The molecule has 0 aliphatic heterocycles. The molecule has 0 saturated carbocycles. The summed E-state index contributed by atoms with van der Waals surface area (Å²) in [6, 6.07) is 15.8. The molecule has 0 fully saturated rings. The summed E-state index contributed by atoms with van der Waals surface area (Å²) in [4.78, 5) is 12.7. The van der Waals surface area contributed by atoms with Crippen LogP contribution in [0.25, 0.3) is 0 Å². The Morgan fingerprint density at radius 1 is 1.10 bits per heavy atom. The van der Waals surface area contributed by atoms with Crippen LogP contribution >= 0.6 is 12.2 Å². The Labute approximate surface area is 127 Å². The Hall–Kier alpha value is -2.27. The lowest BCUT2D eigenvalue weighted by atomic mass is 10.1. The fourth-order valence-corrected chi connectivity index (χ4v) is 2.12. The second-order valence-corrected chi connectivity index (χ2v) is 4.92. The molecule has 0 radical (unpaired) electrons. The van der Waals surface area contributed by atoms with Gasteiger partial charge in [0.05, 0.1) is 5.56 Å². The molecular weight excluding hydrogens is 289 g/mol. The minimum atomic E-state index is -0.996. The van der Waals surface area contributed by atoms with Crippen molar-refractivity contribution < 1.29 is 14.3 Å². The topological polar surface area (TPSA) is 40.5 Å². The smallest absolute Gasteiger partial charge is 0.335 e. The van der Waals surface area contributed by atoms with Gasteiger partial charge in [-0.1, -0.05) is 42.5 Å². The van der Waals surface area contributed by atoms with E-state index in [1.165, 1.54) is 12.1 Å². The van der Waals surface area contributed by atoms with Crippen molar-refractivity contribution in [2.75, 3.05) is 11.6 Å². The summed E-state index contributed by atoms with van der Waals surface area (Å²) < 4.78 is 13.0. The highest BCUT2D eigenvalue weighted by Crippen LogP contribution is 2.19. The summed E-state index contributed by atoms with van der Waals surface area (Å²) in [5.74, 6) is -0.996. The molecule has 0 unspecified atom stereocenters. The lowest BCUT2D eigenvalue weighted by Gasteiger charge is -2.24. The number of benzene rings is 2. The first kappa shape index (κ1) is 15.1. The van der Waals surface area contributed by atoms with Gasteiger partial charge in [0.2, 0.25) is 0 Å². The molecular formula is C16H14FNO2S. The van der Waals surface area contributed by atoms with E-state index in [-0.39, 0.29) is 10.6 Å². The molecule has 21 heavy (non-hydrogen) atoms. The number of anilines is 1. The average Bonchev–Trinajstić information content (AvgIpc) is 2.53. The third-order valence-corrected chi connectivity index (χ3v) is 3.35. The van der Waals surface area contributed by atoms with Crippen LogP contribution in [0.1, 0.15) is 15.9 Å². The molecule has 0 amide bonds. The molecule has 0 saturated heterocycles. The van der Waals surface area contributed by atoms with Gasteiger partial charge in [0.15, 0.2) is 0 Å². The van der Waals surface area contributed by atoms with Gasteiger partial charge in [-0.15, -0.1) is 0 Å². The molecule has 108 valence electrons. The molecule has 0 aromatic heterocycles. The van der Waals surface area contributed by atoms with Crippen LogP contribution in [0.3, 0.4) is 0 Å². The highest BCUT2D eigenvalue weighted by Gasteiger charge is 2.13. The minimum Gasteiger partial charge on any atom is -0.478 e. The number of hydrogen-bond acceptors (Lipinski definition) is 2. The van der Waals surface area contributed by atoms with E-state index in [9.17, 15) is 9.18 Å². The van der Waals surface area contributed by atoms with E-state index in [0.717, 1.165) is 5.56 Å². The number of carboxylic acids is 1. The van der Waals surface area contributed by atoms with Gasteiger partial charge >= 0.3 is 5.97 Å². The second kappa shape index (κ2) is 6.95. The predicted octanol–water partition coefficient (Wildman–Crippen LogP) is 3.69. The maximum atomic E-state index is 13.0. The second-order valence-electron chi connectivity index (χ2n) is 4.45. The summed E-state index contributed by atoms with van der Waals surface area (Å²) in [7, 11) is 0. The Morgan fingerprint density at radius 2 is 1.71 bits per heavy atom. The predicted molar refractivity (Wildman–Crippen MR) is 84.6 cm³/mol. The zero-order valence-corrected chi connectivity index (χ0v) is 12.0. The summed E-state index contributed by atoms with van der Waals surface area (Å²) in [5.41, 5.74) is 1.85. The van der Waals surface area contributed by atoms with Gasteiger partial charge in [0.1, 0.15) is 11.7 Å². The van der Waals surface area contributed by atoms with Crippen molar-refractivity contribution in [2.24, 2.45) is 0 Å². The van der Waals surface area contributed by atoms with Crippen LogP contribution in [0.2, 0.25) is 0 Å². The van der Waals surface area contributed by atoms with Crippen LogP contribution in [-0.4, -0.2) is 22.7 Å². The van der Waals surface area contributed by atoms with E-state index in [1.54, 1.807) is 17.0 Å². The highest BCUT2D eigenvalue weighted by atomic mass is 32.1. The fraction of sp³-hybridized carbons (Fsp3) is 0.125. The van der Waals surface area contributed by atoms with Gasteiger partial charge in [-0.05, 0) is 29.8 Å². The van der Waals surface area contributed by atoms with Gasteiger partial charge in [-0.3, -0.25) is 0 Å². The van der Waals surface area contributed by atoms with E-state index in [4.69, 9.17) is 17.3 Å². The van der Waals surface area contributed by atoms with Crippen molar-refractivity contribution in [1.82, 2.24) is 0 Å². The third-order valence-electron chi connectivity index (χ3n) is 3.02. The van der Waals surface area contributed by atoms with E-state index in [2.05, 4.69) is 0 Å². The summed E-state index contributed by atoms with van der Waals surface area (Å²) in [6.45, 7) is -0.293. The Morgan fingerprint density at radius 3 is 2.24 bits per heavy atom. The number of rotatable bonds is 5. The molecule has 5 heteroatoms. The number of carbonyl (C=O) groups is 1. The van der Waals surface area contributed by atoms with Crippen molar-refractivity contribution in [3.8, 4) is 0 Å². The van der Waals surface area contributed by atoms with Crippen molar-refractivity contribution in [1.29, 1.82) is 0 Å². The molecule has 3 nitrogen and oxygen atoms in total. The van der Waals surface area contributed by atoms with Gasteiger partial charge in [-0.25, -0.2) is 9.18 Å². The average molecular weight is 303 g/mol. The molecule has 1 N–H and O–H groups in total. The normalized spacial score (nSPS) is 10.1. The van der Waals surface area contributed by atoms with E-state index in [0.29, 0.717) is 12.2 Å². The first-order valence-corrected chi connectivity index (χ1v) is 6.76. The fourth-order valence-electron chi connectivity index (χ4n) is 1.95. The highest BCUT2D eigenvalue weighted by molar-refractivity contribution is 7.80. The Kier molecular flexibility index (Phi) is 5.00. The van der Waals surface area contributed by atoms with Gasteiger partial charge in [0, 0.05) is 12.2 Å². The zero-order chi connectivity index (χ0) is 15.2. The molecule has 0 bridgehead atoms. The SMILES string of the molecule is O=C(O)c1ccc(N(Cc2ccccc2)C(=S)CF)cc1. The van der Waals surface area contributed by atoms with Crippen molar-refractivity contribution in [2.45, 2.75) is 6.54 Å². The number of aromatic carboxylic acids is 1. The lowest BCUT2D eigenvalue weighted by Crippen LogP contribution is -2.30. The quantitative estimate of drug-likeness (QED) is 0.855. The summed E-state index contributed by atoms with van der Waals surface area (Å²) in [6.07, 6.45) is 0. The van der Waals surface area contributed by atoms with Crippen LogP contribution in [0.4, 0.5) is 10.1 Å². The number of alkyl halides is 1. The maximum absolute atomic E-state index is 13.0. The standard InChI is InChI=1S/C16H14FNO2S/c17-10-15(21)18(11-12-4-2-1-3-5-12)14-8-6-13(7-9-14)16(19)20/h1-9H,10-11H2,(H,19,20). The van der Waals surface area contributed by atoms with Crippen LogP contribution in [0.15, 0.2) is 54.6 Å². The number of nitrogens with zero attached hydrogens (tertiary/aromatic N) is 1. The Bertz CT molecular complexity index is 628. The van der Waals surface area contributed by atoms with Crippen LogP contribution < -0.4 is 4.90 Å². The molecule has 0 heterocycles. The first-order chi connectivity index (χ1) is 10.1. The molecule has 0 spiro atoms. The summed E-state index contributed by atoms with van der Waals surface area (Å²) >= 11 is 5.08.